The molecule has 6 heteroatoms. The molecule has 1 fully saturated rings. The van der Waals surface area contributed by atoms with E-state index in [2.05, 4.69) is 59.1 Å². The van der Waals surface area contributed by atoms with Crippen LogP contribution in [0.5, 0.6) is 0 Å². The van der Waals surface area contributed by atoms with Crippen LogP contribution in [-0.4, -0.2) is 38.0 Å². The van der Waals surface area contributed by atoms with Crippen LogP contribution < -0.4 is 16.0 Å². The van der Waals surface area contributed by atoms with Crippen molar-refractivity contribution >= 4 is 35.8 Å². The van der Waals surface area contributed by atoms with Crippen molar-refractivity contribution in [2.45, 2.75) is 39.5 Å². The number of aliphatic imine (C=N–C) groups is 1. The number of guanidine groups is 1. The predicted octanol–water partition coefficient (Wildman–Crippen LogP) is 2.49. The lowest BCUT2D eigenvalue weighted by Crippen LogP contribution is -2.41. The fourth-order valence-corrected chi connectivity index (χ4v) is 2.44. The molecule has 0 aliphatic heterocycles. The van der Waals surface area contributed by atoms with Gasteiger partial charge in [0.1, 0.15) is 0 Å². The van der Waals surface area contributed by atoms with Crippen LogP contribution in [0.2, 0.25) is 0 Å². The molecule has 3 N–H and O–H groups in total. The normalized spacial score (nSPS) is 13.8. The Kier molecular flexibility index (Phi) is 10.5. The summed E-state index contributed by atoms with van der Waals surface area (Å²) in [5, 5.41) is 9.45. The number of hydrogen-bond acceptors (Lipinski definition) is 2. The van der Waals surface area contributed by atoms with Gasteiger partial charge in [0.2, 0.25) is 5.91 Å². The Bertz CT molecular complexity index is 541. The first-order chi connectivity index (χ1) is 11.7. The van der Waals surface area contributed by atoms with E-state index < -0.39 is 0 Å². The third-order valence-corrected chi connectivity index (χ3v) is 4.11. The number of rotatable bonds is 9. The zero-order valence-corrected chi connectivity index (χ0v) is 17.6. The SMILES string of the molecule is CCNC(=NCCc1ccc(CC)cc1)NCCNC(=O)C1CC1.I. The van der Waals surface area contributed by atoms with Gasteiger partial charge in [0.05, 0.1) is 0 Å². The molecule has 0 aromatic heterocycles. The van der Waals surface area contributed by atoms with Gasteiger partial charge in [-0.2, -0.15) is 0 Å². The topological polar surface area (TPSA) is 65.5 Å². The molecule has 25 heavy (non-hydrogen) atoms. The number of nitrogens with one attached hydrogen (secondary N) is 3. The summed E-state index contributed by atoms with van der Waals surface area (Å²) in [7, 11) is 0. The highest BCUT2D eigenvalue weighted by molar-refractivity contribution is 14.0. The molecule has 5 nitrogen and oxygen atoms in total. The van der Waals surface area contributed by atoms with Gasteiger partial charge < -0.3 is 16.0 Å². The van der Waals surface area contributed by atoms with Crippen LogP contribution in [0, 0.1) is 5.92 Å². The zero-order chi connectivity index (χ0) is 17.2. The Hall–Kier alpha value is -1.31. The fourth-order valence-electron chi connectivity index (χ4n) is 2.44. The number of hydrogen-bond donors (Lipinski definition) is 3. The van der Waals surface area contributed by atoms with Gasteiger partial charge in [0.15, 0.2) is 5.96 Å². The van der Waals surface area contributed by atoms with Crippen LogP contribution >= 0.6 is 24.0 Å². The van der Waals surface area contributed by atoms with Gasteiger partial charge >= 0.3 is 0 Å². The van der Waals surface area contributed by atoms with E-state index >= 15 is 0 Å². The van der Waals surface area contributed by atoms with E-state index in [0.29, 0.717) is 13.1 Å². The first-order valence-electron chi connectivity index (χ1n) is 9.10. The van der Waals surface area contributed by atoms with Crippen molar-refractivity contribution in [1.29, 1.82) is 0 Å². The Morgan fingerprint density at radius 1 is 1.04 bits per heavy atom. The van der Waals surface area contributed by atoms with E-state index in [1.165, 1.54) is 11.1 Å². The van der Waals surface area contributed by atoms with Crippen molar-refractivity contribution in [1.82, 2.24) is 16.0 Å². The van der Waals surface area contributed by atoms with Gasteiger partial charge in [-0.15, -0.1) is 24.0 Å². The molecule has 0 unspecified atom stereocenters. The Morgan fingerprint density at radius 3 is 2.28 bits per heavy atom. The lowest BCUT2D eigenvalue weighted by molar-refractivity contribution is -0.122. The second-order valence-corrected chi connectivity index (χ2v) is 6.17. The zero-order valence-electron chi connectivity index (χ0n) is 15.3. The number of carbonyl (C=O) groups is 1. The minimum Gasteiger partial charge on any atom is -0.357 e. The largest absolute Gasteiger partial charge is 0.357 e. The number of nitrogens with zero attached hydrogens (tertiary/aromatic N) is 1. The summed E-state index contributed by atoms with van der Waals surface area (Å²) < 4.78 is 0. The summed E-state index contributed by atoms with van der Waals surface area (Å²) in [6, 6.07) is 8.74. The fraction of sp³-hybridized carbons (Fsp3) is 0.579. The molecule has 1 amide bonds. The summed E-state index contributed by atoms with van der Waals surface area (Å²) in [5.41, 5.74) is 2.67. The van der Waals surface area contributed by atoms with Crippen molar-refractivity contribution < 1.29 is 4.79 Å². The molecule has 0 saturated heterocycles. The molecule has 0 atom stereocenters. The number of benzene rings is 1. The maximum atomic E-state index is 11.6. The quantitative estimate of drug-likeness (QED) is 0.231. The summed E-state index contributed by atoms with van der Waals surface area (Å²) in [4.78, 5) is 16.2. The summed E-state index contributed by atoms with van der Waals surface area (Å²) in [6.45, 7) is 7.12. The number of carbonyl (C=O) groups excluding carboxylic acids is 1. The van der Waals surface area contributed by atoms with Crippen LogP contribution in [0.15, 0.2) is 29.3 Å². The summed E-state index contributed by atoms with van der Waals surface area (Å²) >= 11 is 0. The lowest BCUT2D eigenvalue weighted by Gasteiger charge is -2.12. The number of aryl methyl sites for hydroxylation is 1. The molecule has 1 aromatic carbocycles. The van der Waals surface area contributed by atoms with Crippen LogP contribution in [0.3, 0.4) is 0 Å². The van der Waals surface area contributed by atoms with Gasteiger partial charge in [-0.25, -0.2) is 0 Å². The second kappa shape index (κ2) is 12.1. The first-order valence-corrected chi connectivity index (χ1v) is 9.10. The minimum atomic E-state index is 0. The minimum absolute atomic E-state index is 0. The first kappa shape index (κ1) is 21.7. The summed E-state index contributed by atoms with van der Waals surface area (Å²) in [5.74, 6) is 1.27. The molecular formula is C19H31IN4O. The highest BCUT2D eigenvalue weighted by atomic mass is 127. The molecular weight excluding hydrogens is 427 g/mol. The molecule has 1 aliphatic rings. The second-order valence-electron chi connectivity index (χ2n) is 6.17. The third-order valence-electron chi connectivity index (χ3n) is 4.11. The Morgan fingerprint density at radius 2 is 1.68 bits per heavy atom. The van der Waals surface area contributed by atoms with Crippen LogP contribution in [-0.2, 0) is 17.6 Å². The molecule has 2 rings (SSSR count). The average Bonchev–Trinajstić information content (AvgIpc) is 3.44. The van der Waals surface area contributed by atoms with Crippen molar-refractivity contribution in [2.75, 3.05) is 26.2 Å². The predicted molar refractivity (Wildman–Crippen MR) is 115 cm³/mol. The van der Waals surface area contributed by atoms with Gasteiger partial charge in [-0.3, -0.25) is 9.79 Å². The lowest BCUT2D eigenvalue weighted by atomic mass is 10.1. The van der Waals surface area contributed by atoms with E-state index in [1.54, 1.807) is 0 Å². The molecule has 140 valence electrons. The van der Waals surface area contributed by atoms with Gasteiger partial charge in [-0.05, 0) is 43.7 Å². The smallest absolute Gasteiger partial charge is 0.223 e. The summed E-state index contributed by atoms with van der Waals surface area (Å²) in [6.07, 6.45) is 4.09. The van der Waals surface area contributed by atoms with Gasteiger partial charge in [0, 0.05) is 32.1 Å². The molecule has 1 saturated carbocycles. The van der Waals surface area contributed by atoms with Gasteiger partial charge in [0.25, 0.3) is 0 Å². The molecule has 1 aromatic rings. The molecule has 0 radical (unpaired) electrons. The van der Waals surface area contributed by atoms with Crippen molar-refractivity contribution in [3.05, 3.63) is 35.4 Å². The van der Waals surface area contributed by atoms with Crippen LogP contribution in [0.1, 0.15) is 37.8 Å². The standard InChI is InChI=1S/C19H30N4O.HI/c1-3-15-5-7-16(8-6-15)11-12-22-19(20-4-2)23-14-13-21-18(24)17-9-10-17;/h5-8,17H,3-4,9-14H2,1-2H3,(H,21,24)(H2,20,22,23);1H. The van der Waals surface area contributed by atoms with Crippen LogP contribution in [0.4, 0.5) is 0 Å². The maximum absolute atomic E-state index is 11.6. The number of amides is 1. The molecule has 0 bridgehead atoms. The van der Waals surface area contributed by atoms with Crippen molar-refractivity contribution in [3.8, 4) is 0 Å². The molecule has 0 spiro atoms. The highest BCUT2D eigenvalue weighted by Crippen LogP contribution is 2.28. The van der Waals surface area contributed by atoms with Gasteiger partial charge in [-0.1, -0.05) is 31.2 Å². The van der Waals surface area contributed by atoms with E-state index in [0.717, 1.165) is 44.7 Å². The maximum Gasteiger partial charge on any atom is 0.223 e. The van der Waals surface area contributed by atoms with E-state index in [1.807, 2.05) is 0 Å². The molecule has 0 heterocycles. The van der Waals surface area contributed by atoms with Crippen molar-refractivity contribution in [2.24, 2.45) is 10.9 Å². The average molecular weight is 458 g/mol. The van der Waals surface area contributed by atoms with Crippen molar-refractivity contribution in [3.63, 3.8) is 0 Å². The highest BCUT2D eigenvalue weighted by Gasteiger charge is 2.28. The molecule has 1 aliphatic carbocycles. The van der Waals surface area contributed by atoms with Crippen LogP contribution in [0.25, 0.3) is 0 Å². The third kappa shape index (κ3) is 8.56. The van der Waals surface area contributed by atoms with E-state index in [-0.39, 0.29) is 35.8 Å². The number of halogens is 1. The Balaban J connectivity index is 0.00000312. The Labute approximate surface area is 168 Å². The monoisotopic (exact) mass is 458 g/mol. The van der Waals surface area contributed by atoms with E-state index in [9.17, 15) is 4.79 Å². The van der Waals surface area contributed by atoms with E-state index in [4.69, 9.17) is 0 Å².